The lowest BCUT2D eigenvalue weighted by Crippen LogP contribution is -2.30. The molecule has 6 heteroatoms. The molecular formula is C55H106O6. The van der Waals surface area contributed by atoms with E-state index < -0.39 is 6.10 Å². The third-order valence-corrected chi connectivity index (χ3v) is 12.5. The highest BCUT2D eigenvalue weighted by Crippen LogP contribution is 2.18. The van der Waals surface area contributed by atoms with Gasteiger partial charge in [0.25, 0.3) is 0 Å². The molecule has 0 aliphatic heterocycles. The molecule has 0 saturated carbocycles. The number of unbranched alkanes of at least 4 members (excludes halogenated alkanes) is 34. The fraction of sp³-hybridized carbons (Fsp3) is 0.945. The molecule has 0 aromatic carbocycles. The molecule has 6 nitrogen and oxygen atoms in total. The number of hydrogen-bond donors (Lipinski definition) is 0. The smallest absolute Gasteiger partial charge is 0.306 e. The van der Waals surface area contributed by atoms with Crippen molar-refractivity contribution in [2.75, 3.05) is 13.2 Å². The zero-order chi connectivity index (χ0) is 44.7. The van der Waals surface area contributed by atoms with Gasteiger partial charge in [-0.15, -0.1) is 0 Å². The van der Waals surface area contributed by atoms with Crippen LogP contribution in [0.3, 0.4) is 0 Å². The summed E-state index contributed by atoms with van der Waals surface area (Å²) in [6, 6.07) is 0. The topological polar surface area (TPSA) is 78.9 Å². The minimum atomic E-state index is -0.761. The van der Waals surface area contributed by atoms with Gasteiger partial charge >= 0.3 is 17.9 Å². The molecule has 0 heterocycles. The van der Waals surface area contributed by atoms with Crippen LogP contribution in [0.4, 0.5) is 0 Å². The Balaban J connectivity index is 4.18. The Morgan fingerprint density at radius 2 is 0.541 bits per heavy atom. The average Bonchev–Trinajstić information content (AvgIpc) is 3.23. The Hall–Kier alpha value is -1.59. The van der Waals surface area contributed by atoms with Crippen molar-refractivity contribution >= 4 is 17.9 Å². The largest absolute Gasteiger partial charge is 0.462 e. The maximum atomic E-state index is 12.8. The molecule has 0 aromatic heterocycles. The van der Waals surface area contributed by atoms with Gasteiger partial charge in [-0.05, 0) is 31.1 Å². The monoisotopic (exact) mass is 863 g/mol. The fourth-order valence-electron chi connectivity index (χ4n) is 8.34. The van der Waals surface area contributed by atoms with Crippen LogP contribution in [-0.2, 0) is 28.6 Å². The molecule has 0 aliphatic carbocycles. The number of rotatable bonds is 49. The summed E-state index contributed by atoms with van der Waals surface area (Å²) in [6.45, 7) is 11.4. The molecule has 61 heavy (non-hydrogen) atoms. The first kappa shape index (κ1) is 59.4. The molecule has 0 unspecified atom stereocenters. The van der Waals surface area contributed by atoms with Crippen LogP contribution in [0, 0.1) is 11.8 Å². The highest BCUT2D eigenvalue weighted by atomic mass is 16.6. The van der Waals surface area contributed by atoms with E-state index >= 15 is 0 Å². The van der Waals surface area contributed by atoms with Gasteiger partial charge in [0.05, 0.1) is 0 Å². The van der Waals surface area contributed by atoms with E-state index in [-0.39, 0.29) is 31.1 Å². The van der Waals surface area contributed by atoms with Gasteiger partial charge in [0.2, 0.25) is 0 Å². The number of ether oxygens (including phenoxy) is 3. The van der Waals surface area contributed by atoms with Crippen molar-refractivity contribution in [2.45, 2.75) is 310 Å². The fourth-order valence-corrected chi connectivity index (χ4v) is 8.34. The van der Waals surface area contributed by atoms with Crippen molar-refractivity contribution in [2.24, 2.45) is 11.8 Å². The van der Waals surface area contributed by atoms with Gasteiger partial charge in [-0.1, -0.05) is 266 Å². The van der Waals surface area contributed by atoms with Crippen LogP contribution < -0.4 is 0 Å². The van der Waals surface area contributed by atoms with Crippen LogP contribution in [0.1, 0.15) is 304 Å². The average molecular weight is 863 g/mol. The molecule has 362 valence electrons. The van der Waals surface area contributed by atoms with Crippen LogP contribution in [0.2, 0.25) is 0 Å². The predicted molar refractivity (Wildman–Crippen MR) is 261 cm³/mol. The molecule has 0 bridgehead atoms. The minimum Gasteiger partial charge on any atom is -0.462 e. The summed E-state index contributed by atoms with van der Waals surface area (Å²) in [7, 11) is 0. The summed E-state index contributed by atoms with van der Waals surface area (Å²) in [4.78, 5) is 37.9. The lowest BCUT2D eigenvalue weighted by molar-refractivity contribution is -0.167. The van der Waals surface area contributed by atoms with Gasteiger partial charge in [-0.2, -0.15) is 0 Å². The number of carbonyl (C=O) groups is 3. The van der Waals surface area contributed by atoms with Crippen molar-refractivity contribution in [3.05, 3.63) is 0 Å². The zero-order valence-corrected chi connectivity index (χ0v) is 41.8. The maximum absolute atomic E-state index is 12.8. The summed E-state index contributed by atoms with van der Waals surface area (Å²) >= 11 is 0. The van der Waals surface area contributed by atoms with Crippen LogP contribution >= 0.6 is 0 Å². The van der Waals surface area contributed by atoms with Gasteiger partial charge in [0, 0.05) is 19.3 Å². The second-order valence-corrected chi connectivity index (χ2v) is 19.8. The van der Waals surface area contributed by atoms with Crippen LogP contribution in [-0.4, -0.2) is 37.2 Å². The molecule has 0 amide bonds. The number of hydrogen-bond acceptors (Lipinski definition) is 6. The predicted octanol–water partition coefficient (Wildman–Crippen LogP) is 17.7. The molecule has 0 aromatic rings. The Labute approximate surface area is 380 Å². The van der Waals surface area contributed by atoms with Gasteiger partial charge < -0.3 is 14.2 Å². The zero-order valence-electron chi connectivity index (χ0n) is 41.8. The molecular weight excluding hydrogens is 757 g/mol. The van der Waals surface area contributed by atoms with E-state index in [2.05, 4.69) is 34.6 Å². The third kappa shape index (κ3) is 49.3. The van der Waals surface area contributed by atoms with Crippen molar-refractivity contribution in [1.82, 2.24) is 0 Å². The van der Waals surface area contributed by atoms with E-state index in [9.17, 15) is 14.4 Å². The first-order valence-electron chi connectivity index (χ1n) is 27.2. The van der Waals surface area contributed by atoms with Gasteiger partial charge in [0.1, 0.15) is 13.2 Å². The van der Waals surface area contributed by atoms with E-state index in [0.29, 0.717) is 19.3 Å². The van der Waals surface area contributed by atoms with Crippen molar-refractivity contribution in [1.29, 1.82) is 0 Å². The van der Waals surface area contributed by atoms with E-state index in [0.717, 1.165) is 69.6 Å². The van der Waals surface area contributed by atoms with Crippen LogP contribution in [0.15, 0.2) is 0 Å². The van der Waals surface area contributed by atoms with E-state index in [1.807, 2.05) is 0 Å². The second-order valence-electron chi connectivity index (χ2n) is 19.8. The Morgan fingerprint density at radius 1 is 0.311 bits per heavy atom. The standard InChI is InChI=1S/C55H106O6/c1-6-7-8-9-10-23-30-35-40-45-53(56)59-48-52(61-55(58)47-42-37-32-27-22-21-25-29-34-39-44-51(4)5)49-60-54(57)46-41-36-31-26-20-18-16-14-12-11-13-15-17-19-24-28-33-38-43-50(2)3/h50-52H,6-49H2,1-5H3/t52-/m0/s1. The lowest BCUT2D eigenvalue weighted by atomic mass is 10.0. The third-order valence-electron chi connectivity index (χ3n) is 12.5. The van der Waals surface area contributed by atoms with Gasteiger partial charge in [-0.3, -0.25) is 14.4 Å². The van der Waals surface area contributed by atoms with E-state index in [1.165, 1.54) is 193 Å². The summed E-state index contributed by atoms with van der Waals surface area (Å²) in [5, 5.41) is 0. The summed E-state index contributed by atoms with van der Waals surface area (Å²) in [5.41, 5.74) is 0. The van der Waals surface area contributed by atoms with Gasteiger partial charge in [0.15, 0.2) is 6.10 Å². The quantitative estimate of drug-likeness (QED) is 0.0344. The number of carbonyl (C=O) groups excluding carboxylic acids is 3. The molecule has 0 rings (SSSR count). The summed E-state index contributed by atoms with van der Waals surface area (Å²) in [5.74, 6) is 0.827. The Kier molecular flexibility index (Phi) is 46.6. The molecule has 0 radical (unpaired) electrons. The first-order chi connectivity index (χ1) is 29.7. The van der Waals surface area contributed by atoms with E-state index in [4.69, 9.17) is 14.2 Å². The van der Waals surface area contributed by atoms with E-state index in [1.54, 1.807) is 0 Å². The normalized spacial score (nSPS) is 12.0. The second kappa shape index (κ2) is 47.9. The van der Waals surface area contributed by atoms with Crippen molar-refractivity contribution in [3.63, 3.8) is 0 Å². The lowest BCUT2D eigenvalue weighted by Gasteiger charge is -2.18. The Morgan fingerprint density at radius 3 is 0.803 bits per heavy atom. The van der Waals surface area contributed by atoms with Crippen LogP contribution in [0.25, 0.3) is 0 Å². The maximum Gasteiger partial charge on any atom is 0.306 e. The first-order valence-corrected chi connectivity index (χ1v) is 27.2. The van der Waals surface area contributed by atoms with Crippen LogP contribution in [0.5, 0.6) is 0 Å². The summed E-state index contributed by atoms with van der Waals surface area (Å²) < 4.78 is 16.8. The molecule has 0 spiro atoms. The molecule has 0 saturated heterocycles. The SMILES string of the molecule is CCCCCCCCCCCC(=O)OC[C@@H](COC(=O)CCCCCCCCCCCCCCCCCCCCC(C)C)OC(=O)CCCCCCCCCCCCC(C)C. The van der Waals surface area contributed by atoms with Gasteiger partial charge in [-0.25, -0.2) is 0 Å². The molecule has 0 N–H and O–H groups in total. The summed E-state index contributed by atoms with van der Waals surface area (Å²) in [6.07, 6.45) is 49.6. The molecule has 0 aliphatic rings. The minimum absolute atomic E-state index is 0.0635. The highest BCUT2D eigenvalue weighted by molar-refractivity contribution is 5.71. The number of esters is 3. The Bertz CT molecular complexity index is 931. The van der Waals surface area contributed by atoms with Crippen molar-refractivity contribution < 1.29 is 28.6 Å². The molecule has 1 atom stereocenters. The van der Waals surface area contributed by atoms with Crippen molar-refractivity contribution in [3.8, 4) is 0 Å². The molecule has 0 fully saturated rings. The highest BCUT2D eigenvalue weighted by Gasteiger charge is 2.19.